The van der Waals surface area contributed by atoms with Crippen LogP contribution in [0.2, 0.25) is 0 Å². The van der Waals surface area contributed by atoms with Crippen molar-refractivity contribution in [2.45, 2.75) is 19.6 Å². The van der Waals surface area contributed by atoms with Gasteiger partial charge in [-0.15, -0.1) is 0 Å². The lowest BCUT2D eigenvalue weighted by Gasteiger charge is -2.16. The van der Waals surface area contributed by atoms with Crippen LogP contribution in [0.15, 0.2) is 42.5 Å². The van der Waals surface area contributed by atoms with Crippen molar-refractivity contribution < 1.29 is 17.9 Å². The van der Waals surface area contributed by atoms with Crippen LogP contribution in [0.1, 0.15) is 16.7 Å². The number of anilines is 1. The molecule has 0 bridgehead atoms. The molecule has 2 aromatic rings. The lowest BCUT2D eigenvalue weighted by Crippen LogP contribution is -2.21. The van der Waals surface area contributed by atoms with Crippen LogP contribution in [0.5, 0.6) is 5.75 Å². The Bertz CT molecular complexity index is 627. The topological polar surface area (TPSA) is 33.3 Å². The lowest BCUT2D eigenvalue weighted by molar-refractivity contribution is -0.138. The first-order chi connectivity index (χ1) is 10.4. The molecule has 0 aliphatic carbocycles. The Balaban J connectivity index is 2.13. The number of hydrogen-bond acceptors (Lipinski definition) is 3. The molecular formula is C16H17F3N2O. The van der Waals surface area contributed by atoms with E-state index < -0.39 is 11.7 Å². The van der Waals surface area contributed by atoms with E-state index in [1.54, 1.807) is 13.0 Å². The number of para-hydroxylation sites is 1. The highest BCUT2D eigenvalue weighted by Gasteiger charge is 2.35. The maximum absolute atomic E-state index is 13.1. The zero-order valence-electron chi connectivity index (χ0n) is 12.3. The van der Waals surface area contributed by atoms with Crippen LogP contribution in [0, 0.1) is 6.92 Å². The fourth-order valence-electron chi connectivity index (χ4n) is 2.20. The first-order valence-electron chi connectivity index (χ1n) is 6.70. The maximum Gasteiger partial charge on any atom is 0.419 e. The van der Waals surface area contributed by atoms with Gasteiger partial charge in [0.15, 0.2) is 0 Å². The summed E-state index contributed by atoms with van der Waals surface area (Å²) in [5.41, 5.74) is 6.89. The van der Waals surface area contributed by atoms with Crippen LogP contribution >= 0.6 is 0 Å². The predicted octanol–water partition coefficient (Wildman–Crippen LogP) is 4.14. The van der Waals surface area contributed by atoms with Crippen molar-refractivity contribution in [1.82, 2.24) is 5.43 Å². The summed E-state index contributed by atoms with van der Waals surface area (Å²) in [6, 6.07) is 12.1. The van der Waals surface area contributed by atoms with E-state index in [0.29, 0.717) is 11.1 Å². The molecule has 0 aliphatic heterocycles. The molecule has 118 valence electrons. The fraction of sp³-hybridized carbons (Fsp3) is 0.250. The van der Waals surface area contributed by atoms with E-state index >= 15 is 0 Å². The number of hydrazine groups is 1. The van der Waals surface area contributed by atoms with Crippen LogP contribution < -0.4 is 15.6 Å². The molecule has 0 saturated heterocycles. The van der Waals surface area contributed by atoms with Crippen LogP contribution in [0.25, 0.3) is 0 Å². The van der Waals surface area contributed by atoms with E-state index in [1.807, 2.05) is 30.3 Å². The Kier molecular flexibility index (Phi) is 4.92. The molecule has 6 heteroatoms. The minimum Gasteiger partial charge on any atom is -0.496 e. The maximum atomic E-state index is 13.1. The van der Waals surface area contributed by atoms with E-state index in [-0.39, 0.29) is 12.3 Å². The standard InChI is InChI=1S/C16H17F3N2O/c1-11-8-12(9-14(15(11)22-2)16(17,18)19)10-20-21-13-6-4-3-5-7-13/h3-9,20-21H,10H2,1-2H3. The van der Waals surface area contributed by atoms with Crippen molar-refractivity contribution in [2.75, 3.05) is 12.5 Å². The number of hydrogen-bond donors (Lipinski definition) is 2. The first-order valence-corrected chi connectivity index (χ1v) is 6.70. The zero-order valence-corrected chi connectivity index (χ0v) is 12.3. The Morgan fingerprint density at radius 2 is 1.77 bits per heavy atom. The van der Waals surface area contributed by atoms with E-state index in [4.69, 9.17) is 4.74 Å². The van der Waals surface area contributed by atoms with Crippen molar-refractivity contribution in [3.8, 4) is 5.75 Å². The van der Waals surface area contributed by atoms with Gasteiger partial charge in [-0.25, -0.2) is 5.43 Å². The zero-order chi connectivity index (χ0) is 16.2. The third kappa shape index (κ3) is 3.92. The molecule has 0 unspecified atom stereocenters. The molecule has 0 aliphatic rings. The molecule has 0 spiro atoms. The Labute approximate surface area is 127 Å². The highest BCUT2D eigenvalue weighted by molar-refractivity contribution is 5.46. The smallest absolute Gasteiger partial charge is 0.419 e. The van der Waals surface area contributed by atoms with Gasteiger partial charge < -0.3 is 10.2 Å². The molecule has 0 amide bonds. The summed E-state index contributed by atoms with van der Waals surface area (Å²) in [5.74, 6) is -0.132. The molecule has 22 heavy (non-hydrogen) atoms. The summed E-state index contributed by atoms with van der Waals surface area (Å²) in [5, 5.41) is 0. The average Bonchev–Trinajstić information content (AvgIpc) is 2.47. The molecular weight excluding hydrogens is 293 g/mol. The van der Waals surface area contributed by atoms with Gasteiger partial charge in [0.25, 0.3) is 0 Å². The van der Waals surface area contributed by atoms with E-state index in [0.717, 1.165) is 11.8 Å². The van der Waals surface area contributed by atoms with E-state index in [1.165, 1.54) is 7.11 Å². The molecule has 2 rings (SSSR count). The third-order valence-corrected chi connectivity index (χ3v) is 3.14. The van der Waals surface area contributed by atoms with Gasteiger partial charge in [-0.1, -0.05) is 24.3 Å². The number of ether oxygens (including phenoxy) is 1. The summed E-state index contributed by atoms with van der Waals surface area (Å²) < 4.78 is 44.1. The predicted molar refractivity (Wildman–Crippen MR) is 79.6 cm³/mol. The molecule has 0 radical (unpaired) electrons. The SMILES string of the molecule is COc1c(C)cc(CNNc2ccccc2)cc1C(F)(F)F. The third-order valence-electron chi connectivity index (χ3n) is 3.14. The van der Waals surface area contributed by atoms with Gasteiger partial charge in [0.05, 0.1) is 12.7 Å². The van der Waals surface area contributed by atoms with Crippen LogP contribution in [0.4, 0.5) is 18.9 Å². The summed E-state index contributed by atoms with van der Waals surface area (Å²) >= 11 is 0. The first kappa shape index (κ1) is 16.2. The Hall–Kier alpha value is -2.21. The second-order valence-electron chi connectivity index (χ2n) is 4.84. The molecule has 3 nitrogen and oxygen atoms in total. The lowest BCUT2D eigenvalue weighted by atomic mass is 10.0. The fourth-order valence-corrected chi connectivity index (χ4v) is 2.20. The van der Waals surface area contributed by atoms with Crippen LogP contribution in [-0.2, 0) is 12.7 Å². The quantitative estimate of drug-likeness (QED) is 0.814. The minimum absolute atomic E-state index is 0.132. The van der Waals surface area contributed by atoms with Crippen molar-refractivity contribution in [2.24, 2.45) is 0 Å². The highest BCUT2D eigenvalue weighted by atomic mass is 19.4. The second-order valence-corrected chi connectivity index (χ2v) is 4.84. The Morgan fingerprint density at radius 3 is 2.36 bits per heavy atom. The van der Waals surface area contributed by atoms with Gasteiger partial charge in [-0.3, -0.25) is 0 Å². The van der Waals surface area contributed by atoms with E-state index in [9.17, 15) is 13.2 Å². The number of benzene rings is 2. The van der Waals surface area contributed by atoms with Crippen molar-refractivity contribution in [3.63, 3.8) is 0 Å². The number of alkyl halides is 3. The van der Waals surface area contributed by atoms with Gasteiger partial charge in [0, 0.05) is 12.2 Å². The molecule has 0 saturated carbocycles. The van der Waals surface area contributed by atoms with Gasteiger partial charge in [-0.05, 0) is 36.2 Å². The molecule has 2 aromatic carbocycles. The monoisotopic (exact) mass is 310 g/mol. The number of nitrogens with one attached hydrogen (secondary N) is 2. The second kappa shape index (κ2) is 6.70. The van der Waals surface area contributed by atoms with Gasteiger partial charge in [-0.2, -0.15) is 13.2 Å². The molecule has 0 fully saturated rings. The number of methoxy groups -OCH3 is 1. The molecule has 2 N–H and O–H groups in total. The van der Waals surface area contributed by atoms with E-state index in [2.05, 4.69) is 10.9 Å². The number of rotatable bonds is 5. The summed E-state index contributed by atoms with van der Waals surface area (Å²) in [6.07, 6.45) is -4.45. The van der Waals surface area contributed by atoms with Gasteiger partial charge in [0.2, 0.25) is 0 Å². The molecule has 0 aromatic heterocycles. The number of halogens is 3. The summed E-state index contributed by atoms with van der Waals surface area (Å²) in [4.78, 5) is 0. The average molecular weight is 310 g/mol. The van der Waals surface area contributed by atoms with Crippen molar-refractivity contribution in [3.05, 3.63) is 59.2 Å². The molecule has 0 atom stereocenters. The normalized spacial score (nSPS) is 11.3. The van der Waals surface area contributed by atoms with Crippen LogP contribution in [0.3, 0.4) is 0 Å². The van der Waals surface area contributed by atoms with Gasteiger partial charge >= 0.3 is 6.18 Å². The number of aryl methyl sites for hydroxylation is 1. The summed E-state index contributed by atoms with van der Waals surface area (Å²) in [7, 11) is 1.24. The van der Waals surface area contributed by atoms with Crippen LogP contribution in [-0.4, -0.2) is 7.11 Å². The van der Waals surface area contributed by atoms with Crippen molar-refractivity contribution in [1.29, 1.82) is 0 Å². The molecule has 0 heterocycles. The summed E-state index contributed by atoms with van der Waals surface area (Å²) in [6.45, 7) is 1.85. The minimum atomic E-state index is -4.45. The Morgan fingerprint density at radius 1 is 1.09 bits per heavy atom. The largest absolute Gasteiger partial charge is 0.496 e. The highest BCUT2D eigenvalue weighted by Crippen LogP contribution is 2.38. The van der Waals surface area contributed by atoms with Crippen molar-refractivity contribution >= 4 is 5.69 Å². The van der Waals surface area contributed by atoms with Gasteiger partial charge in [0.1, 0.15) is 5.75 Å².